The van der Waals surface area contributed by atoms with Gasteiger partial charge in [-0.15, -0.1) is 0 Å². The molecule has 0 heterocycles. The second-order valence-electron chi connectivity index (χ2n) is 6.12. The molecule has 3 unspecified atom stereocenters. The fourth-order valence-corrected chi connectivity index (χ4v) is 4.12. The lowest BCUT2D eigenvalue weighted by molar-refractivity contribution is 0.175. The molecule has 0 spiro atoms. The molecule has 1 aliphatic carbocycles. The molecule has 0 aromatic rings. The molecular formula is C15H31NO2S. The van der Waals surface area contributed by atoms with Crippen LogP contribution in [0, 0.1) is 17.8 Å². The van der Waals surface area contributed by atoms with E-state index in [-0.39, 0.29) is 5.75 Å². The molecule has 0 saturated heterocycles. The van der Waals surface area contributed by atoms with Crippen LogP contribution in [0.25, 0.3) is 0 Å². The van der Waals surface area contributed by atoms with E-state index in [1.165, 1.54) is 19.3 Å². The van der Waals surface area contributed by atoms with Crippen LogP contribution in [0.4, 0.5) is 0 Å². The van der Waals surface area contributed by atoms with Crippen molar-refractivity contribution in [3.63, 3.8) is 0 Å². The number of hydrogen-bond acceptors (Lipinski definition) is 3. The van der Waals surface area contributed by atoms with Crippen LogP contribution in [0.3, 0.4) is 0 Å². The number of hydrogen-bond donors (Lipinski definition) is 1. The third-order valence-electron chi connectivity index (χ3n) is 4.53. The minimum absolute atomic E-state index is 0.287. The van der Waals surface area contributed by atoms with Gasteiger partial charge >= 0.3 is 0 Å². The third-order valence-corrected chi connectivity index (χ3v) is 6.32. The quantitative estimate of drug-likeness (QED) is 0.747. The summed E-state index contributed by atoms with van der Waals surface area (Å²) in [6.07, 6.45) is 5.84. The highest BCUT2D eigenvalue weighted by Gasteiger charge is 2.28. The van der Waals surface area contributed by atoms with Gasteiger partial charge in [-0.2, -0.15) is 0 Å². The predicted octanol–water partition coefficient (Wildman–Crippen LogP) is 2.86. The maximum atomic E-state index is 11.5. The molecule has 1 aliphatic rings. The Hall–Kier alpha value is -0.0900. The highest BCUT2D eigenvalue weighted by molar-refractivity contribution is 7.91. The Kier molecular flexibility index (Phi) is 7.37. The Morgan fingerprint density at radius 3 is 2.53 bits per heavy atom. The largest absolute Gasteiger partial charge is 0.317 e. The van der Waals surface area contributed by atoms with E-state index in [2.05, 4.69) is 19.2 Å². The van der Waals surface area contributed by atoms with E-state index in [4.69, 9.17) is 0 Å². The number of nitrogens with one attached hydrogen (secondary N) is 1. The van der Waals surface area contributed by atoms with Gasteiger partial charge in [-0.1, -0.05) is 27.2 Å². The fraction of sp³-hybridized carbons (Fsp3) is 1.00. The zero-order valence-electron chi connectivity index (χ0n) is 12.8. The smallest absolute Gasteiger partial charge is 0.150 e. The molecule has 1 fully saturated rings. The fourth-order valence-electron chi connectivity index (χ4n) is 3.22. The van der Waals surface area contributed by atoms with Crippen molar-refractivity contribution >= 4 is 9.84 Å². The van der Waals surface area contributed by atoms with Gasteiger partial charge in [0.25, 0.3) is 0 Å². The third kappa shape index (κ3) is 6.26. The van der Waals surface area contributed by atoms with Gasteiger partial charge in [0.05, 0.1) is 5.75 Å². The van der Waals surface area contributed by atoms with Gasteiger partial charge in [0.1, 0.15) is 9.84 Å². The van der Waals surface area contributed by atoms with E-state index in [1.54, 1.807) is 6.92 Å². The molecule has 3 nitrogen and oxygen atoms in total. The average Bonchev–Trinajstić information content (AvgIpc) is 2.38. The SMILES string of the molecule is CCNCC1CCC(C)CC1CCCS(=O)(=O)CC. The van der Waals surface area contributed by atoms with Gasteiger partial charge in [-0.05, 0) is 56.5 Å². The van der Waals surface area contributed by atoms with Gasteiger partial charge in [-0.3, -0.25) is 0 Å². The highest BCUT2D eigenvalue weighted by atomic mass is 32.2. The number of sulfone groups is 1. The Morgan fingerprint density at radius 1 is 1.16 bits per heavy atom. The van der Waals surface area contributed by atoms with Gasteiger partial charge in [-0.25, -0.2) is 8.42 Å². The summed E-state index contributed by atoms with van der Waals surface area (Å²) in [5, 5.41) is 3.46. The van der Waals surface area contributed by atoms with Gasteiger partial charge in [0.15, 0.2) is 0 Å². The lowest BCUT2D eigenvalue weighted by Gasteiger charge is -2.35. The van der Waals surface area contributed by atoms with E-state index in [9.17, 15) is 8.42 Å². The first kappa shape index (κ1) is 17.0. The molecule has 4 heteroatoms. The Labute approximate surface area is 119 Å². The second-order valence-corrected chi connectivity index (χ2v) is 8.60. The van der Waals surface area contributed by atoms with Crippen LogP contribution in [0.1, 0.15) is 52.9 Å². The predicted molar refractivity (Wildman–Crippen MR) is 82.1 cm³/mol. The molecule has 1 rings (SSSR count). The summed E-state index contributed by atoms with van der Waals surface area (Å²) in [5.41, 5.74) is 0. The first-order valence-electron chi connectivity index (χ1n) is 7.89. The maximum absolute atomic E-state index is 11.5. The first-order chi connectivity index (χ1) is 8.98. The van der Waals surface area contributed by atoms with Crippen LogP contribution < -0.4 is 5.32 Å². The minimum atomic E-state index is -2.78. The van der Waals surface area contributed by atoms with Crippen LogP contribution in [-0.2, 0) is 9.84 Å². The van der Waals surface area contributed by atoms with Crippen LogP contribution in [0.5, 0.6) is 0 Å². The van der Waals surface area contributed by atoms with E-state index in [0.29, 0.717) is 5.75 Å². The van der Waals surface area contributed by atoms with Crippen LogP contribution >= 0.6 is 0 Å². The monoisotopic (exact) mass is 289 g/mol. The lowest BCUT2D eigenvalue weighted by Crippen LogP contribution is -2.33. The maximum Gasteiger partial charge on any atom is 0.150 e. The molecular weight excluding hydrogens is 258 g/mol. The normalized spacial score (nSPS) is 28.5. The molecule has 0 aliphatic heterocycles. The summed E-state index contributed by atoms with van der Waals surface area (Å²) in [6.45, 7) is 8.36. The summed E-state index contributed by atoms with van der Waals surface area (Å²) in [6, 6.07) is 0. The van der Waals surface area contributed by atoms with Gasteiger partial charge in [0, 0.05) is 5.75 Å². The summed E-state index contributed by atoms with van der Waals surface area (Å²) in [4.78, 5) is 0. The van der Waals surface area contributed by atoms with E-state index < -0.39 is 9.84 Å². The molecule has 0 amide bonds. The molecule has 114 valence electrons. The zero-order valence-corrected chi connectivity index (χ0v) is 13.6. The highest BCUT2D eigenvalue weighted by Crippen LogP contribution is 2.36. The van der Waals surface area contributed by atoms with Crippen molar-refractivity contribution in [3.8, 4) is 0 Å². The van der Waals surface area contributed by atoms with Gasteiger partial charge in [0.2, 0.25) is 0 Å². The molecule has 1 N–H and O–H groups in total. The second kappa shape index (κ2) is 8.25. The van der Waals surface area contributed by atoms with Crippen molar-refractivity contribution in [2.45, 2.75) is 52.9 Å². The molecule has 0 aromatic heterocycles. The van der Waals surface area contributed by atoms with Crippen molar-refractivity contribution < 1.29 is 8.42 Å². The van der Waals surface area contributed by atoms with Crippen molar-refractivity contribution in [2.75, 3.05) is 24.6 Å². The van der Waals surface area contributed by atoms with Crippen molar-refractivity contribution in [3.05, 3.63) is 0 Å². The molecule has 0 radical (unpaired) electrons. The molecule has 1 saturated carbocycles. The van der Waals surface area contributed by atoms with Crippen LogP contribution in [0.15, 0.2) is 0 Å². The standard InChI is InChI=1S/C15H31NO2S/c1-4-16-12-15-9-8-13(3)11-14(15)7-6-10-19(17,18)5-2/h13-16H,4-12H2,1-3H3. The van der Waals surface area contributed by atoms with Gasteiger partial charge < -0.3 is 5.32 Å². The van der Waals surface area contributed by atoms with Crippen molar-refractivity contribution in [2.24, 2.45) is 17.8 Å². The summed E-state index contributed by atoms with van der Waals surface area (Å²) >= 11 is 0. The zero-order chi connectivity index (χ0) is 14.3. The average molecular weight is 289 g/mol. The van der Waals surface area contributed by atoms with E-state index in [0.717, 1.165) is 43.7 Å². The van der Waals surface area contributed by atoms with Crippen LogP contribution in [-0.4, -0.2) is 33.0 Å². The Morgan fingerprint density at radius 2 is 1.89 bits per heavy atom. The van der Waals surface area contributed by atoms with E-state index in [1.807, 2.05) is 0 Å². The topological polar surface area (TPSA) is 46.2 Å². The molecule has 3 atom stereocenters. The van der Waals surface area contributed by atoms with Crippen molar-refractivity contribution in [1.29, 1.82) is 0 Å². The van der Waals surface area contributed by atoms with Crippen molar-refractivity contribution in [1.82, 2.24) is 5.32 Å². The summed E-state index contributed by atoms with van der Waals surface area (Å²) in [5.74, 6) is 2.94. The molecule has 0 bridgehead atoms. The minimum Gasteiger partial charge on any atom is -0.317 e. The summed E-state index contributed by atoms with van der Waals surface area (Å²) in [7, 11) is -2.78. The Bertz CT molecular complexity index is 338. The Balaban J connectivity index is 2.41. The van der Waals surface area contributed by atoms with E-state index >= 15 is 0 Å². The van der Waals surface area contributed by atoms with Crippen LogP contribution in [0.2, 0.25) is 0 Å². The molecule has 19 heavy (non-hydrogen) atoms. The first-order valence-corrected chi connectivity index (χ1v) is 9.71. The summed E-state index contributed by atoms with van der Waals surface area (Å²) < 4.78 is 23.1. The lowest BCUT2D eigenvalue weighted by atomic mass is 9.73. The molecule has 0 aromatic carbocycles. The number of rotatable bonds is 8.